The van der Waals surface area contributed by atoms with Crippen LogP contribution in [0.4, 0.5) is 0 Å². The van der Waals surface area contributed by atoms with Crippen LogP contribution in [-0.4, -0.2) is 18.1 Å². The molecule has 0 aliphatic heterocycles. The van der Waals surface area contributed by atoms with Crippen LogP contribution in [0.2, 0.25) is 0 Å². The molecular formula is CH8O4P2S2. The molecule has 8 heteroatoms. The van der Waals surface area contributed by atoms with E-state index in [9.17, 15) is 8.42 Å². The Bertz CT molecular complexity index is 150. The molecule has 0 saturated carbocycles. The average Bonchev–Trinajstić information content (AvgIpc) is 1.21. The van der Waals surface area contributed by atoms with Crippen LogP contribution in [0, 0.1) is 0 Å². The van der Waals surface area contributed by atoms with Gasteiger partial charge in [-0.15, -0.1) is 12.6 Å². The molecule has 0 radical (unpaired) electrons. The highest BCUT2D eigenvalue weighted by Crippen LogP contribution is 2.08. The third-order valence-electron chi connectivity index (χ3n) is 0.220. The van der Waals surface area contributed by atoms with Gasteiger partial charge in [-0.3, -0.25) is 4.55 Å². The Kier molecular flexibility index (Phi) is 6.83. The molecule has 3 unspecified atom stereocenters. The van der Waals surface area contributed by atoms with E-state index in [4.69, 9.17) is 4.55 Å². The van der Waals surface area contributed by atoms with Crippen molar-refractivity contribution in [1.82, 2.24) is 0 Å². The summed E-state index contributed by atoms with van der Waals surface area (Å²) in [7, 11) is -2.40. The van der Waals surface area contributed by atoms with Crippen molar-refractivity contribution >= 4 is 42.2 Å². The first-order valence-corrected chi connectivity index (χ1v) is 4.06. The number of hydrogen-bond donors (Lipinski definition) is 2. The molecule has 0 amide bonds. The van der Waals surface area contributed by atoms with Gasteiger partial charge in [0.2, 0.25) is 0 Å². The molecule has 4 nitrogen and oxygen atoms in total. The summed E-state index contributed by atoms with van der Waals surface area (Å²) in [6.07, 6.45) is 0. The van der Waals surface area contributed by atoms with Gasteiger partial charge >= 0.3 is 10.4 Å². The lowest BCUT2D eigenvalue weighted by atomic mass is 11.7. The molecule has 0 heterocycles. The van der Waals surface area contributed by atoms with E-state index in [1.807, 2.05) is 9.24 Å². The maximum absolute atomic E-state index is 9.71. The lowest BCUT2D eigenvalue weighted by molar-refractivity contribution is 0.298. The summed E-state index contributed by atoms with van der Waals surface area (Å²) in [5, 5.41) is -0.884. The fourth-order valence-corrected chi connectivity index (χ4v) is 1.12. The van der Waals surface area contributed by atoms with E-state index in [2.05, 4.69) is 16.8 Å². The number of hydrogen-bond acceptors (Lipinski definition) is 4. The lowest BCUT2D eigenvalue weighted by Crippen LogP contribution is -2.05. The van der Waals surface area contributed by atoms with Gasteiger partial charge < -0.3 is 0 Å². The fraction of sp³-hybridized carbons (Fsp3) is 1.00. The van der Waals surface area contributed by atoms with Crippen molar-refractivity contribution in [3.8, 4) is 0 Å². The van der Waals surface area contributed by atoms with E-state index in [0.29, 0.717) is 0 Å². The zero-order chi connectivity index (χ0) is 6.78. The van der Waals surface area contributed by atoms with Crippen molar-refractivity contribution in [3.05, 3.63) is 0 Å². The molecule has 0 aromatic carbocycles. The maximum Gasteiger partial charge on any atom is 0.398 e. The van der Waals surface area contributed by atoms with Crippen LogP contribution in [0.5, 0.6) is 0 Å². The zero-order valence-corrected chi connectivity index (χ0v) is 8.67. The molecule has 58 valence electrons. The minimum absolute atomic E-state index is 0. The van der Waals surface area contributed by atoms with Crippen LogP contribution in [0.25, 0.3) is 0 Å². The molecular weight excluding hydrogens is 202 g/mol. The molecule has 1 N–H and O–H groups in total. The van der Waals surface area contributed by atoms with Gasteiger partial charge in [0.05, 0.1) is 0 Å². The van der Waals surface area contributed by atoms with E-state index in [1.54, 1.807) is 0 Å². The zero-order valence-electron chi connectivity index (χ0n) is 4.39. The topological polar surface area (TPSA) is 63.6 Å². The summed E-state index contributed by atoms with van der Waals surface area (Å²) in [6.45, 7) is 0. The molecule has 3 atom stereocenters. The highest BCUT2D eigenvalue weighted by Gasteiger charge is 2.06. The summed E-state index contributed by atoms with van der Waals surface area (Å²) >= 11 is 3.49. The minimum atomic E-state index is -4.32. The molecule has 0 aliphatic rings. The Morgan fingerprint density at radius 3 is 2.00 bits per heavy atom. The van der Waals surface area contributed by atoms with Crippen LogP contribution in [-0.2, 0) is 14.6 Å². The number of thiol groups is 1. The van der Waals surface area contributed by atoms with E-state index in [0.717, 1.165) is 0 Å². The summed E-state index contributed by atoms with van der Waals surface area (Å²) < 4.78 is 31.1. The van der Waals surface area contributed by atoms with Crippen LogP contribution in [0.1, 0.15) is 0 Å². The summed E-state index contributed by atoms with van der Waals surface area (Å²) in [5.74, 6) is 0. The van der Waals surface area contributed by atoms with Crippen LogP contribution >= 0.6 is 31.8 Å². The van der Waals surface area contributed by atoms with Crippen molar-refractivity contribution < 1.29 is 17.2 Å². The third-order valence-corrected chi connectivity index (χ3v) is 1.25. The predicted octanol–water partition coefficient (Wildman–Crippen LogP) is -0.0476. The van der Waals surface area contributed by atoms with Crippen LogP contribution < -0.4 is 0 Å². The van der Waals surface area contributed by atoms with Crippen molar-refractivity contribution in [2.75, 3.05) is 0 Å². The second-order valence-electron chi connectivity index (χ2n) is 0.915. The Morgan fingerprint density at radius 1 is 1.67 bits per heavy atom. The van der Waals surface area contributed by atoms with Crippen LogP contribution in [0.3, 0.4) is 0 Å². The molecule has 9 heavy (non-hydrogen) atoms. The van der Waals surface area contributed by atoms with Gasteiger partial charge in [-0.05, 0) is 0 Å². The SMILES string of the molecule is O=S(=O)(O)OC(P)S.P. The molecule has 0 aromatic heterocycles. The molecule has 0 aromatic rings. The van der Waals surface area contributed by atoms with Crippen molar-refractivity contribution in [2.24, 2.45) is 0 Å². The first-order valence-electron chi connectivity index (χ1n) is 1.51. The Hall–Kier alpha value is 1.08. The van der Waals surface area contributed by atoms with E-state index >= 15 is 0 Å². The van der Waals surface area contributed by atoms with Crippen LogP contribution in [0.15, 0.2) is 0 Å². The Morgan fingerprint density at radius 2 is 2.00 bits per heavy atom. The normalized spacial score (nSPS) is 14.1. The molecule has 0 aliphatic carbocycles. The van der Waals surface area contributed by atoms with Crippen molar-refractivity contribution in [1.29, 1.82) is 0 Å². The van der Waals surface area contributed by atoms with Gasteiger partial charge in [0.25, 0.3) is 0 Å². The molecule has 0 spiro atoms. The van der Waals surface area contributed by atoms with Gasteiger partial charge in [-0.25, -0.2) is 4.18 Å². The Balaban J connectivity index is 0. The van der Waals surface area contributed by atoms with Gasteiger partial charge in [-0.2, -0.15) is 18.3 Å². The first-order chi connectivity index (χ1) is 3.42. The summed E-state index contributed by atoms with van der Waals surface area (Å²) in [5.41, 5.74) is 0. The highest BCUT2D eigenvalue weighted by atomic mass is 32.3. The molecule has 0 fully saturated rings. The quantitative estimate of drug-likeness (QED) is 0.290. The molecule has 0 rings (SSSR count). The minimum Gasteiger partial charge on any atom is -0.263 e. The van der Waals surface area contributed by atoms with Gasteiger partial charge in [0.15, 0.2) is 0 Å². The van der Waals surface area contributed by atoms with E-state index in [-0.39, 0.29) is 9.90 Å². The fourth-order valence-electron chi connectivity index (χ4n) is 0.125. The smallest absolute Gasteiger partial charge is 0.263 e. The van der Waals surface area contributed by atoms with Gasteiger partial charge in [0.1, 0.15) is 5.18 Å². The van der Waals surface area contributed by atoms with Crippen molar-refractivity contribution in [3.63, 3.8) is 0 Å². The number of rotatable bonds is 2. The molecule has 0 bridgehead atoms. The first kappa shape index (κ1) is 12.7. The van der Waals surface area contributed by atoms with E-state index in [1.165, 1.54) is 0 Å². The lowest BCUT2D eigenvalue weighted by Gasteiger charge is -1.98. The van der Waals surface area contributed by atoms with E-state index < -0.39 is 15.6 Å². The monoisotopic (exact) mass is 210 g/mol. The highest BCUT2D eigenvalue weighted by molar-refractivity contribution is 7.87. The Labute approximate surface area is 64.9 Å². The third kappa shape index (κ3) is 12.3. The average molecular weight is 210 g/mol. The maximum atomic E-state index is 9.71. The van der Waals surface area contributed by atoms with Crippen molar-refractivity contribution in [2.45, 2.75) is 5.18 Å². The standard InChI is InChI=1S/CH5O4PS2.H3P/c2-8(3,4)5-1(6)7;/h1,7H,6H2,(H,2,3,4);1H3. The molecule has 0 saturated heterocycles. The summed E-state index contributed by atoms with van der Waals surface area (Å²) in [6, 6.07) is 0. The predicted molar refractivity (Wildman–Crippen MR) is 46.2 cm³/mol. The second kappa shape index (κ2) is 4.83. The largest absolute Gasteiger partial charge is 0.398 e. The van der Waals surface area contributed by atoms with Gasteiger partial charge in [-0.1, -0.05) is 9.24 Å². The van der Waals surface area contributed by atoms with Gasteiger partial charge in [0, 0.05) is 0 Å². The summed E-state index contributed by atoms with van der Waals surface area (Å²) in [4.78, 5) is 0. The second-order valence-corrected chi connectivity index (χ2v) is 3.64.